The largest absolute Gasteiger partial charge is 0.349 e. The number of nitrogens with zero attached hydrogens (tertiary/aromatic N) is 3. The van der Waals surface area contributed by atoms with Crippen molar-refractivity contribution in [2.75, 3.05) is 34.7 Å². The van der Waals surface area contributed by atoms with E-state index in [4.69, 9.17) is 11.6 Å². The Bertz CT molecular complexity index is 382. The van der Waals surface area contributed by atoms with Gasteiger partial charge in [0, 0.05) is 39.8 Å². The first kappa shape index (κ1) is 17.5. The Morgan fingerprint density at radius 2 is 1.67 bits per heavy atom. The van der Waals surface area contributed by atoms with E-state index < -0.39 is 0 Å². The zero-order valence-electron chi connectivity index (χ0n) is 11.4. The van der Waals surface area contributed by atoms with Crippen LogP contribution in [0.25, 0.3) is 0 Å². The van der Waals surface area contributed by atoms with E-state index in [0.29, 0.717) is 0 Å². The van der Waals surface area contributed by atoms with E-state index in [-0.39, 0.29) is 24.0 Å². The van der Waals surface area contributed by atoms with Crippen LogP contribution in [0.4, 0.5) is 0 Å². The Balaban J connectivity index is 0.00000289. The molecule has 0 aromatic heterocycles. The predicted molar refractivity (Wildman–Crippen MR) is 90.2 cm³/mol. The molecule has 0 saturated heterocycles. The maximum atomic E-state index is 6.10. The molecule has 0 saturated carbocycles. The van der Waals surface area contributed by atoms with Crippen LogP contribution in [0.5, 0.6) is 0 Å². The predicted octanol–water partition coefficient (Wildman–Crippen LogP) is 2.98. The van der Waals surface area contributed by atoms with Crippen LogP contribution >= 0.6 is 35.6 Å². The quantitative estimate of drug-likeness (QED) is 0.455. The molecule has 0 radical (unpaired) electrons. The molecule has 0 N–H and O–H groups in total. The molecule has 1 aromatic rings. The lowest BCUT2D eigenvalue weighted by Crippen LogP contribution is -2.35. The monoisotopic (exact) mass is 381 g/mol. The van der Waals surface area contributed by atoms with Crippen LogP contribution < -0.4 is 0 Å². The van der Waals surface area contributed by atoms with E-state index in [9.17, 15) is 0 Å². The van der Waals surface area contributed by atoms with Gasteiger partial charge >= 0.3 is 0 Å². The van der Waals surface area contributed by atoms with Gasteiger partial charge in [-0.05, 0) is 18.1 Å². The molecule has 5 heteroatoms. The Labute approximate surface area is 132 Å². The van der Waals surface area contributed by atoms with Gasteiger partial charge in [-0.3, -0.25) is 4.99 Å². The molecule has 1 rings (SSSR count). The molecule has 102 valence electrons. The second-order valence-electron chi connectivity index (χ2n) is 4.31. The third-order valence-corrected chi connectivity index (χ3v) is 2.76. The van der Waals surface area contributed by atoms with Gasteiger partial charge in [-0.1, -0.05) is 29.8 Å². The van der Waals surface area contributed by atoms with Crippen LogP contribution in [0, 0.1) is 0 Å². The summed E-state index contributed by atoms with van der Waals surface area (Å²) in [6.45, 7) is 0.745. The first-order valence-electron chi connectivity index (χ1n) is 5.65. The molecule has 18 heavy (non-hydrogen) atoms. The zero-order chi connectivity index (χ0) is 12.8. The maximum absolute atomic E-state index is 6.10. The number of guanidine groups is 1. The van der Waals surface area contributed by atoms with Gasteiger partial charge in [-0.15, -0.1) is 24.0 Å². The lowest BCUT2D eigenvalue weighted by Gasteiger charge is -2.22. The fraction of sp³-hybridized carbons (Fsp3) is 0.462. The third-order valence-electron chi connectivity index (χ3n) is 2.39. The summed E-state index contributed by atoms with van der Waals surface area (Å²) in [5, 5.41) is 0.818. The summed E-state index contributed by atoms with van der Waals surface area (Å²) >= 11 is 6.10. The minimum Gasteiger partial charge on any atom is -0.349 e. The van der Waals surface area contributed by atoms with Crippen molar-refractivity contribution in [1.82, 2.24) is 9.80 Å². The summed E-state index contributed by atoms with van der Waals surface area (Å²) < 4.78 is 0. The van der Waals surface area contributed by atoms with Gasteiger partial charge in [0.2, 0.25) is 0 Å². The number of hydrogen-bond donors (Lipinski definition) is 0. The van der Waals surface area contributed by atoms with Crippen molar-refractivity contribution in [3.8, 4) is 0 Å². The van der Waals surface area contributed by atoms with Gasteiger partial charge in [0.15, 0.2) is 5.96 Å². The van der Waals surface area contributed by atoms with Crippen molar-refractivity contribution < 1.29 is 0 Å². The molecule has 3 nitrogen and oxygen atoms in total. The lowest BCUT2D eigenvalue weighted by molar-refractivity contribution is 0.479. The van der Waals surface area contributed by atoms with Gasteiger partial charge in [-0.25, -0.2) is 0 Å². The fourth-order valence-electron chi connectivity index (χ4n) is 1.66. The summed E-state index contributed by atoms with van der Waals surface area (Å²) in [5.74, 6) is 0.969. The molecule has 1 aromatic carbocycles. The van der Waals surface area contributed by atoms with E-state index in [1.807, 2.05) is 62.3 Å². The topological polar surface area (TPSA) is 18.8 Å². The van der Waals surface area contributed by atoms with Crippen molar-refractivity contribution in [3.63, 3.8) is 0 Å². The summed E-state index contributed by atoms with van der Waals surface area (Å²) in [4.78, 5) is 8.58. The number of benzene rings is 1. The Morgan fingerprint density at radius 3 is 2.17 bits per heavy atom. The highest BCUT2D eigenvalue weighted by molar-refractivity contribution is 14.0. The number of halogens is 2. The minimum atomic E-state index is 0. The van der Waals surface area contributed by atoms with Gasteiger partial charge in [0.25, 0.3) is 0 Å². The minimum absolute atomic E-state index is 0. The molecule has 0 atom stereocenters. The highest BCUT2D eigenvalue weighted by Gasteiger charge is 2.04. The molecule has 0 heterocycles. The lowest BCUT2D eigenvalue weighted by atomic mass is 10.1. The summed E-state index contributed by atoms with van der Waals surface area (Å²) in [7, 11) is 7.98. The van der Waals surface area contributed by atoms with Crippen LogP contribution in [-0.2, 0) is 6.42 Å². The highest BCUT2D eigenvalue weighted by Crippen LogP contribution is 2.15. The molecular formula is C13H21ClIN3. The van der Waals surface area contributed by atoms with Crippen molar-refractivity contribution >= 4 is 41.5 Å². The third kappa shape index (κ3) is 5.44. The molecule has 0 unspecified atom stereocenters. The average Bonchev–Trinajstić information content (AvgIpc) is 2.25. The number of aliphatic imine (C=N–C) groups is 1. The van der Waals surface area contributed by atoms with Crippen molar-refractivity contribution in [2.24, 2.45) is 4.99 Å². The van der Waals surface area contributed by atoms with Crippen molar-refractivity contribution in [3.05, 3.63) is 34.9 Å². The smallest absolute Gasteiger partial charge is 0.195 e. The molecule has 0 fully saturated rings. The van der Waals surface area contributed by atoms with Crippen LogP contribution in [0.2, 0.25) is 5.02 Å². The van der Waals surface area contributed by atoms with Gasteiger partial charge in [-0.2, -0.15) is 0 Å². The summed E-state index contributed by atoms with van der Waals surface area (Å²) in [6.07, 6.45) is 0.866. The Hall–Kier alpha value is -0.490. The van der Waals surface area contributed by atoms with Crippen molar-refractivity contribution in [2.45, 2.75) is 6.42 Å². The van der Waals surface area contributed by atoms with E-state index in [1.54, 1.807) is 0 Å². The van der Waals surface area contributed by atoms with Gasteiger partial charge < -0.3 is 9.80 Å². The second kappa shape index (κ2) is 8.58. The summed E-state index contributed by atoms with van der Waals surface area (Å²) in [5.41, 5.74) is 1.15. The van der Waals surface area contributed by atoms with E-state index >= 15 is 0 Å². The van der Waals surface area contributed by atoms with Crippen LogP contribution in [0.1, 0.15) is 5.56 Å². The summed E-state index contributed by atoms with van der Waals surface area (Å²) in [6, 6.07) is 7.91. The number of rotatable bonds is 3. The normalized spacial score (nSPS) is 9.39. The Kier molecular flexibility index (Phi) is 8.35. The molecule has 0 spiro atoms. The standard InChI is InChI=1S/C13H20ClN3.HI/c1-16(2)13(17(3)4)15-10-9-11-7-5-6-8-12(11)14;/h5-8H,9-10H2,1-4H3;1H. The molecule has 0 aliphatic heterocycles. The zero-order valence-corrected chi connectivity index (χ0v) is 14.4. The molecular weight excluding hydrogens is 361 g/mol. The molecule has 0 aliphatic carbocycles. The fourth-order valence-corrected chi connectivity index (χ4v) is 1.89. The van der Waals surface area contributed by atoms with Gasteiger partial charge in [0.1, 0.15) is 0 Å². The van der Waals surface area contributed by atoms with Crippen LogP contribution in [0.3, 0.4) is 0 Å². The van der Waals surface area contributed by atoms with E-state index in [1.165, 1.54) is 0 Å². The molecule has 0 aliphatic rings. The molecule has 0 amide bonds. The van der Waals surface area contributed by atoms with E-state index in [2.05, 4.69) is 4.99 Å². The highest BCUT2D eigenvalue weighted by atomic mass is 127. The Morgan fingerprint density at radius 1 is 1.11 bits per heavy atom. The number of hydrogen-bond acceptors (Lipinski definition) is 1. The average molecular weight is 382 g/mol. The van der Waals surface area contributed by atoms with Gasteiger partial charge in [0.05, 0.1) is 0 Å². The SMILES string of the molecule is CN(C)C(=NCCc1ccccc1Cl)N(C)C.I. The van der Waals surface area contributed by atoms with E-state index in [0.717, 1.165) is 29.5 Å². The second-order valence-corrected chi connectivity index (χ2v) is 4.72. The first-order valence-corrected chi connectivity index (χ1v) is 6.02. The molecule has 0 bridgehead atoms. The first-order chi connectivity index (χ1) is 8.02. The maximum Gasteiger partial charge on any atom is 0.195 e. The van der Waals surface area contributed by atoms with Crippen molar-refractivity contribution in [1.29, 1.82) is 0 Å². The van der Waals surface area contributed by atoms with Crippen LogP contribution in [0.15, 0.2) is 29.3 Å². The van der Waals surface area contributed by atoms with Crippen LogP contribution in [-0.4, -0.2) is 50.5 Å².